The summed E-state index contributed by atoms with van der Waals surface area (Å²) in [5.74, 6) is 0. The molecule has 1 nitrogen and oxygen atoms in total. The van der Waals surface area contributed by atoms with Gasteiger partial charge in [0, 0.05) is 12.7 Å². The third-order valence-corrected chi connectivity index (χ3v) is 4.94. The van der Waals surface area contributed by atoms with Gasteiger partial charge in [-0.15, -0.1) is 0 Å². The molecule has 0 aromatic rings. The highest BCUT2D eigenvalue weighted by Crippen LogP contribution is 2.14. The highest BCUT2D eigenvalue weighted by Gasteiger charge is 1.95. The van der Waals surface area contributed by atoms with Gasteiger partial charge in [0.15, 0.2) is 0 Å². The summed E-state index contributed by atoms with van der Waals surface area (Å²) < 4.78 is 0. The fourth-order valence-electron chi connectivity index (χ4n) is 3.19. The van der Waals surface area contributed by atoms with Crippen molar-refractivity contribution < 1.29 is 0 Å². The van der Waals surface area contributed by atoms with Crippen molar-refractivity contribution in [1.29, 1.82) is 0 Å². The molecule has 0 atom stereocenters. The van der Waals surface area contributed by atoms with E-state index in [0.717, 1.165) is 6.42 Å². The number of unbranched alkanes of at least 4 members (excludes halogenated alkanes) is 16. The molecule has 0 aliphatic carbocycles. The molecule has 0 heterocycles. The molecule has 0 fully saturated rings. The summed E-state index contributed by atoms with van der Waals surface area (Å²) in [6.07, 6.45) is 25.6. The van der Waals surface area contributed by atoms with Crippen LogP contribution in [-0.2, 0) is 0 Å². The molecule has 0 radical (unpaired) electrons. The zero-order valence-electron chi connectivity index (χ0n) is 16.4. The van der Waals surface area contributed by atoms with E-state index in [9.17, 15) is 0 Å². The first kappa shape index (κ1) is 22.5. The van der Waals surface area contributed by atoms with Gasteiger partial charge in [0.05, 0.1) is 0 Å². The summed E-state index contributed by atoms with van der Waals surface area (Å²) in [6, 6.07) is 0. The lowest BCUT2D eigenvalue weighted by Gasteiger charge is -2.05. The minimum absolute atomic E-state index is 1.15. The Morgan fingerprint density at radius 3 is 1.17 bits per heavy atom. The predicted molar refractivity (Wildman–Crippen MR) is 107 cm³/mol. The summed E-state index contributed by atoms with van der Waals surface area (Å²) in [4.78, 5) is 0. The largest absolute Gasteiger partial charge is 0.392 e. The molecular formula is C22H45N. The Kier molecular flexibility index (Phi) is 19.2. The Balaban J connectivity index is 2.99. The van der Waals surface area contributed by atoms with Crippen molar-refractivity contribution in [1.82, 2.24) is 5.32 Å². The van der Waals surface area contributed by atoms with Gasteiger partial charge in [0.2, 0.25) is 0 Å². The fourth-order valence-corrected chi connectivity index (χ4v) is 3.19. The van der Waals surface area contributed by atoms with E-state index in [-0.39, 0.29) is 0 Å². The lowest BCUT2D eigenvalue weighted by Crippen LogP contribution is -2.03. The number of hydrogen-bond acceptors (Lipinski definition) is 1. The van der Waals surface area contributed by atoms with E-state index in [1.807, 2.05) is 7.05 Å². The Bertz CT molecular complexity index is 234. The first-order valence-corrected chi connectivity index (χ1v) is 10.7. The van der Waals surface area contributed by atoms with Crippen LogP contribution in [0.3, 0.4) is 0 Å². The van der Waals surface area contributed by atoms with Crippen molar-refractivity contribution in [2.75, 3.05) is 7.05 Å². The van der Waals surface area contributed by atoms with Crippen molar-refractivity contribution in [2.24, 2.45) is 0 Å². The van der Waals surface area contributed by atoms with Crippen molar-refractivity contribution in [3.63, 3.8) is 0 Å². The first-order valence-electron chi connectivity index (χ1n) is 10.7. The van der Waals surface area contributed by atoms with E-state index >= 15 is 0 Å². The van der Waals surface area contributed by atoms with Crippen LogP contribution < -0.4 is 5.32 Å². The molecule has 0 aromatic carbocycles. The normalized spacial score (nSPS) is 10.9. The van der Waals surface area contributed by atoms with Gasteiger partial charge in [-0.3, -0.25) is 0 Å². The number of hydrogen-bond donors (Lipinski definition) is 1. The monoisotopic (exact) mass is 323 g/mol. The second-order valence-corrected chi connectivity index (χ2v) is 7.26. The van der Waals surface area contributed by atoms with Gasteiger partial charge in [0.1, 0.15) is 0 Å². The van der Waals surface area contributed by atoms with Crippen LogP contribution in [0.25, 0.3) is 0 Å². The third-order valence-electron chi connectivity index (χ3n) is 4.94. The quantitative estimate of drug-likeness (QED) is 0.239. The van der Waals surface area contributed by atoms with Crippen molar-refractivity contribution in [3.05, 3.63) is 12.3 Å². The maximum Gasteiger partial charge on any atom is 0.00310 e. The topological polar surface area (TPSA) is 12.0 Å². The van der Waals surface area contributed by atoms with Gasteiger partial charge in [-0.05, 0) is 12.8 Å². The molecule has 0 saturated heterocycles. The molecule has 0 aromatic heterocycles. The Labute approximate surface area is 147 Å². The van der Waals surface area contributed by atoms with Gasteiger partial charge >= 0.3 is 0 Å². The van der Waals surface area contributed by atoms with Crippen LogP contribution in [0.2, 0.25) is 0 Å². The zero-order valence-corrected chi connectivity index (χ0v) is 16.4. The first-order chi connectivity index (χ1) is 11.3. The Morgan fingerprint density at radius 2 is 0.870 bits per heavy atom. The maximum absolute atomic E-state index is 3.97. The molecule has 0 spiro atoms. The van der Waals surface area contributed by atoms with Crippen LogP contribution >= 0.6 is 0 Å². The van der Waals surface area contributed by atoms with E-state index in [0.29, 0.717) is 0 Å². The van der Waals surface area contributed by atoms with E-state index in [1.54, 1.807) is 0 Å². The third kappa shape index (κ3) is 19.5. The van der Waals surface area contributed by atoms with Crippen LogP contribution in [0.1, 0.15) is 122 Å². The maximum atomic E-state index is 3.97. The minimum atomic E-state index is 1.15. The number of rotatable bonds is 19. The smallest absolute Gasteiger partial charge is 0.00310 e. The van der Waals surface area contributed by atoms with Crippen molar-refractivity contribution in [2.45, 2.75) is 122 Å². The van der Waals surface area contributed by atoms with Gasteiger partial charge in [-0.25, -0.2) is 0 Å². The lowest BCUT2D eigenvalue weighted by molar-refractivity contribution is 0.526. The van der Waals surface area contributed by atoms with Gasteiger partial charge in [-0.1, -0.05) is 116 Å². The lowest BCUT2D eigenvalue weighted by atomic mass is 10.0. The molecule has 0 saturated carbocycles. The highest BCUT2D eigenvalue weighted by molar-refractivity contribution is 4.88. The van der Waals surface area contributed by atoms with Gasteiger partial charge in [-0.2, -0.15) is 0 Å². The molecule has 23 heavy (non-hydrogen) atoms. The van der Waals surface area contributed by atoms with E-state index in [4.69, 9.17) is 0 Å². The molecule has 0 amide bonds. The molecule has 1 N–H and O–H groups in total. The van der Waals surface area contributed by atoms with E-state index in [2.05, 4.69) is 18.8 Å². The van der Waals surface area contributed by atoms with Gasteiger partial charge < -0.3 is 5.32 Å². The summed E-state index contributed by atoms with van der Waals surface area (Å²) in [6.45, 7) is 6.27. The summed E-state index contributed by atoms with van der Waals surface area (Å²) in [7, 11) is 1.97. The molecule has 138 valence electrons. The SMILES string of the molecule is C=C(CCCCCCCCCCCCCCCCCCC)NC. The predicted octanol–water partition coefficient (Wildman–Crippen LogP) is 7.76. The molecule has 0 aliphatic heterocycles. The van der Waals surface area contributed by atoms with Crippen LogP contribution in [0.4, 0.5) is 0 Å². The van der Waals surface area contributed by atoms with Gasteiger partial charge in [0.25, 0.3) is 0 Å². The molecule has 0 unspecified atom stereocenters. The Hall–Kier alpha value is -0.460. The van der Waals surface area contributed by atoms with E-state index < -0.39 is 0 Å². The van der Waals surface area contributed by atoms with Crippen molar-refractivity contribution in [3.8, 4) is 0 Å². The van der Waals surface area contributed by atoms with E-state index in [1.165, 1.54) is 115 Å². The Morgan fingerprint density at radius 1 is 0.565 bits per heavy atom. The highest BCUT2D eigenvalue weighted by atomic mass is 14.8. The van der Waals surface area contributed by atoms with Crippen LogP contribution in [-0.4, -0.2) is 7.05 Å². The number of nitrogens with one attached hydrogen (secondary N) is 1. The van der Waals surface area contributed by atoms with Crippen LogP contribution in [0.15, 0.2) is 12.3 Å². The second kappa shape index (κ2) is 19.6. The summed E-state index contributed by atoms with van der Waals surface area (Å²) in [5.41, 5.74) is 1.19. The molecule has 0 bridgehead atoms. The number of allylic oxidation sites excluding steroid dienone is 1. The van der Waals surface area contributed by atoms with Crippen LogP contribution in [0, 0.1) is 0 Å². The zero-order chi connectivity index (χ0) is 17.0. The average molecular weight is 324 g/mol. The van der Waals surface area contributed by atoms with Crippen molar-refractivity contribution >= 4 is 0 Å². The molecule has 1 heteroatoms. The molecule has 0 rings (SSSR count). The average Bonchev–Trinajstić information content (AvgIpc) is 2.57. The van der Waals surface area contributed by atoms with Crippen LogP contribution in [0.5, 0.6) is 0 Å². The summed E-state index contributed by atoms with van der Waals surface area (Å²) >= 11 is 0. The second-order valence-electron chi connectivity index (χ2n) is 7.26. The molecular weight excluding hydrogens is 278 g/mol. The fraction of sp³-hybridized carbons (Fsp3) is 0.909. The standard InChI is InChI=1S/C22H45N/c1-4-5-6-7-8-9-10-11-12-13-14-15-16-17-18-19-20-21-22(2)23-3/h23H,2,4-21H2,1,3H3. The summed E-state index contributed by atoms with van der Waals surface area (Å²) in [5, 5.41) is 3.13. The molecule has 0 aliphatic rings. The minimum Gasteiger partial charge on any atom is -0.392 e.